The van der Waals surface area contributed by atoms with Gasteiger partial charge in [-0.3, -0.25) is 4.79 Å². The molecule has 3 rings (SSSR count). The molecule has 0 aliphatic rings. The molecule has 1 amide bonds. The van der Waals surface area contributed by atoms with Crippen LogP contribution in [0, 0.1) is 3.57 Å². The molecule has 0 aliphatic heterocycles. The Kier molecular flexibility index (Phi) is 8.54. The normalized spacial score (nSPS) is 10.7. The molecule has 6 nitrogen and oxygen atoms in total. The smallest absolute Gasteiger partial charge is 0.259 e. The van der Waals surface area contributed by atoms with Gasteiger partial charge < -0.3 is 14.8 Å². The molecule has 0 bridgehead atoms. The second-order valence-corrected chi connectivity index (χ2v) is 8.16. The van der Waals surface area contributed by atoms with Gasteiger partial charge in [0.2, 0.25) is 0 Å². The standard InChI is InChI=1S/C23H21ClIN3O3/c1-30-22-12-17(4-11-21(22)31-15-16-2-5-18(24)6-3-16)13-27-28-23(29)14-26-20-9-7-19(25)8-10-20/h2-13,26H,14-15H2,1H3,(H,28,29)/b27-13-. The predicted octanol–water partition coefficient (Wildman–Crippen LogP) is 5.09. The number of rotatable bonds is 9. The highest BCUT2D eigenvalue weighted by molar-refractivity contribution is 14.1. The Morgan fingerprint density at radius 2 is 1.81 bits per heavy atom. The van der Waals surface area contributed by atoms with E-state index in [-0.39, 0.29) is 12.5 Å². The minimum absolute atomic E-state index is 0.124. The Morgan fingerprint density at radius 3 is 2.52 bits per heavy atom. The zero-order valence-electron chi connectivity index (χ0n) is 16.8. The molecular weight excluding hydrogens is 529 g/mol. The fourth-order valence-electron chi connectivity index (χ4n) is 2.59. The van der Waals surface area contributed by atoms with E-state index in [9.17, 15) is 4.79 Å². The van der Waals surface area contributed by atoms with Crippen molar-refractivity contribution in [2.75, 3.05) is 19.0 Å². The Morgan fingerprint density at radius 1 is 1.06 bits per heavy atom. The van der Waals surface area contributed by atoms with Crippen LogP contribution in [-0.4, -0.2) is 25.8 Å². The number of ether oxygens (including phenoxy) is 2. The number of methoxy groups -OCH3 is 1. The lowest BCUT2D eigenvalue weighted by Crippen LogP contribution is -2.25. The van der Waals surface area contributed by atoms with Gasteiger partial charge in [-0.15, -0.1) is 0 Å². The summed E-state index contributed by atoms with van der Waals surface area (Å²) in [6.07, 6.45) is 1.55. The van der Waals surface area contributed by atoms with Crippen molar-refractivity contribution in [3.63, 3.8) is 0 Å². The number of anilines is 1. The molecule has 3 aromatic carbocycles. The first-order valence-electron chi connectivity index (χ1n) is 9.40. The van der Waals surface area contributed by atoms with E-state index < -0.39 is 0 Å². The topological polar surface area (TPSA) is 72.0 Å². The molecule has 0 aromatic heterocycles. The van der Waals surface area contributed by atoms with Crippen LogP contribution in [0.2, 0.25) is 5.02 Å². The van der Waals surface area contributed by atoms with Crippen molar-refractivity contribution in [1.29, 1.82) is 0 Å². The molecule has 160 valence electrons. The first kappa shape index (κ1) is 22.9. The number of hydrazone groups is 1. The Hall–Kier alpha value is -2.78. The summed E-state index contributed by atoms with van der Waals surface area (Å²) in [5, 5.41) is 7.73. The van der Waals surface area contributed by atoms with E-state index in [1.54, 1.807) is 25.5 Å². The van der Waals surface area contributed by atoms with E-state index in [1.165, 1.54) is 0 Å². The van der Waals surface area contributed by atoms with Crippen LogP contribution in [0.15, 0.2) is 71.8 Å². The molecule has 8 heteroatoms. The van der Waals surface area contributed by atoms with Gasteiger partial charge in [-0.1, -0.05) is 23.7 Å². The summed E-state index contributed by atoms with van der Waals surface area (Å²) in [5.74, 6) is 0.939. The molecule has 0 heterocycles. The van der Waals surface area contributed by atoms with Crippen LogP contribution in [0.4, 0.5) is 5.69 Å². The SMILES string of the molecule is COc1cc(/C=N\NC(=O)CNc2ccc(I)cc2)ccc1OCc1ccc(Cl)cc1. The second kappa shape index (κ2) is 11.6. The number of hydrogen-bond acceptors (Lipinski definition) is 5. The summed E-state index contributed by atoms with van der Waals surface area (Å²) in [6.45, 7) is 0.517. The van der Waals surface area contributed by atoms with Crippen LogP contribution in [0.3, 0.4) is 0 Å². The maximum atomic E-state index is 11.9. The molecule has 0 atom stereocenters. The highest BCUT2D eigenvalue weighted by Crippen LogP contribution is 2.28. The number of carbonyl (C=O) groups is 1. The zero-order valence-corrected chi connectivity index (χ0v) is 19.7. The summed E-state index contributed by atoms with van der Waals surface area (Å²) in [7, 11) is 1.57. The Labute approximate surface area is 199 Å². The number of nitrogens with one attached hydrogen (secondary N) is 2. The van der Waals surface area contributed by atoms with E-state index >= 15 is 0 Å². The van der Waals surface area contributed by atoms with Gasteiger partial charge in [-0.2, -0.15) is 5.10 Å². The summed E-state index contributed by atoms with van der Waals surface area (Å²) < 4.78 is 12.4. The van der Waals surface area contributed by atoms with Crippen molar-refractivity contribution in [3.05, 3.63) is 86.4 Å². The van der Waals surface area contributed by atoms with E-state index in [4.69, 9.17) is 21.1 Å². The van der Waals surface area contributed by atoms with Gasteiger partial charge in [0.15, 0.2) is 11.5 Å². The summed E-state index contributed by atoms with van der Waals surface area (Å²) in [4.78, 5) is 11.9. The first-order chi connectivity index (χ1) is 15.0. The number of halogens is 2. The lowest BCUT2D eigenvalue weighted by molar-refractivity contribution is -0.119. The van der Waals surface area contributed by atoms with Gasteiger partial charge in [0.25, 0.3) is 5.91 Å². The van der Waals surface area contributed by atoms with Crippen molar-refractivity contribution < 1.29 is 14.3 Å². The van der Waals surface area contributed by atoms with Gasteiger partial charge in [-0.05, 0) is 88.3 Å². The maximum Gasteiger partial charge on any atom is 0.259 e. The van der Waals surface area contributed by atoms with Crippen molar-refractivity contribution >= 4 is 52.0 Å². The zero-order chi connectivity index (χ0) is 22.1. The lowest BCUT2D eigenvalue weighted by atomic mass is 10.2. The lowest BCUT2D eigenvalue weighted by Gasteiger charge is -2.11. The van der Waals surface area contributed by atoms with Gasteiger partial charge in [0.05, 0.1) is 19.9 Å². The quantitative estimate of drug-likeness (QED) is 0.222. The summed E-state index contributed by atoms with van der Waals surface area (Å²) >= 11 is 8.13. The van der Waals surface area contributed by atoms with Crippen molar-refractivity contribution in [1.82, 2.24) is 5.43 Å². The Bertz CT molecular complexity index is 1040. The average molecular weight is 550 g/mol. The molecule has 3 aromatic rings. The summed E-state index contributed by atoms with van der Waals surface area (Å²) in [6, 6.07) is 20.7. The van der Waals surface area contributed by atoms with Crippen molar-refractivity contribution in [3.8, 4) is 11.5 Å². The highest BCUT2D eigenvalue weighted by Gasteiger charge is 2.06. The van der Waals surface area contributed by atoms with Crippen LogP contribution < -0.4 is 20.2 Å². The molecule has 0 saturated carbocycles. The highest BCUT2D eigenvalue weighted by atomic mass is 127. The fraction of sp³-hybridized carbons (Fsp3) is 0.130. The second-order valence-electron chi connectivity index (χ2n) is 6.48. The molecule has 2 N–H and O–H groups in total. The minimum atomic E-state index is -0.246. The third-order valence-corrected chi connectivity index (χ3v) is 5.17. The number of amides is 1. The third kappa shape index (κ3) is 7.45. The number of hydrogen-bond donors (Lipinski definition) is 2. The van der Waals surface area contributed by atoms with E-state index in [0.29, 0.717) is 23.1 Å². The maximum absolute atomic E-state index is 11.9. The van der Waals surface area contributed by atoms with Gasteiger partial charge in [0.1, 0.15) is 6.61 Å². The van der Waals surface area contributed by atoms with E-state index in [2.05, 4.69) is 38.4 Å². The van der Waals surface area contributed by atoms with Gasteiger partial charge in [-0.25, -0.2) is 5.43 Å². The minimum Gasteiger partial charge on any atom is -0.493 e. The molecule has 0 radical (unpaired) electrons. The fourth-order valence-corrected chi connectivity index (χ4v) is 3.08. The number of nitrogens with zero attached hydrogens (tertiary/aromatic N) is 1. The van der Waals surface area contributed by atoms with Crippen molar-refractivity contribution in [2.24, 2.45) is 5.10 Å². The average Bonchev–Trinajstić information content (AvgIpc) is 2.78. The van der Waals surface area contributed by atoms with Crippen LogP contribution >= 0.6 is 34.2 Å². The van der Waals surface area contributed by atoms with Crippen LogP contribution in [0.25, 0.3) is 0 Å². The molecule has 0 spiro atoms. The Balaban J connectivity index is 1.51. The predicted molar refractivity (Wildman–Crippen MR) is 132 cm³/mol. The molecule has 31 heavy (non-hydrogen) atoms. The molecule has 0 unspecified atom stereocenters. The largest absolute Gasteiger partial charge is 0.493 e. The number of carbonyl (C=O) groups excluding carboxylic acids is 1. The molecule has 0 saturated heterocycles. The van der Waals surface area contributed by atoms with E-state index in [1.807, 2.05) is 54.6 Å². The van der Waals surface area contributed by atoms with Crippen LogP contribution in [-0.2, 0) is 11.4 Å². The first-order valence-corrected chi connectivity index (χ1v) is 10.9. The van der Waals surface area contributed by atoms with Crippen LogP contribution in [0.5, 0.6) is 11.5 Å². The number of benzene rings is 3. The third-order valence-electron chi connectivity index (χ3n) is 4.20. The van der Waals surface area contributed by atoms with E-state index in [0.717, 1.165) is 20.4 Å². The molecule has 0 aliphatic carbocycles. The molecular formula is C23H21ClIN3O3. The summed E-state index contributed by atoms with van der Waals surface area (Å²) in [5.41, 5.74) is 5.14. The van der Waals surface area contributed by atoms with Gasteiger partial charge >= 0.3 is 0 Å². The monoisotopic (exact) mass is 549 g/mol. The van der Waals surface area contributed by atoms with Gasteiger partial charge in [0, 0.05) is 14.3 Å². The van der Waals surface area contributed by atoms with Crippen molar-refractivity contribution in [2.45, 2.75) is 6.61 Å². The molecule has 0 fully saturated rings. The van der Waals surface area contributed by atoms with Crippen LogP contribution in [0.1, 0.15) is 11.1 Å².